The average Bonchev–Trinajstić information content (AvgIpc) is 2.14. The number of hydrogen-bond acceptors (Lipinski definition) is 4. The lowest BCUT2D eigenvalue weighted by molar-refractivity contribution is -0.0523. The lowest BCUT2D eigenvalue weighted by Gasteiger charge is -2.10. The summed E-state index contributed by atoms with van der Waals surface area (Å²) in [6.45, 7) is 2.69. The molecule has 0 saturated heterocycles. The van der Waals surface area contributed by atoms with Crippen LogP contribution in [0.15, 0.2) is 4.99 Å². The fourth-order valence-electron chi connectivity index (χ4n) is 0.785. The second-order valence-electron chi connectivity index (χ2n) is 2.32. The Balaban J connectivity index is 2.42. The van der Waals surface area contributed by atoms with Gasteiger partial charge in [0.1, 0.15) is 6.17 Å². The van der Waals surface area contributed by atoms with Crippen molar-refractivity contribution in [3.63, 3.8) is 0 Å². The molecule has 10 heavy (non-hydrogen) atoms. The molecule has 1 heterocycles. The lowest BCUT2D eigenvalue weighted by Crippen LogP contribution is -2.25. The number of likely N-dealkylation sites (N-methyl/N-ethyl adjacent to an activating group) is 1. The molecule has 0 fully saturated rings. The third-order valence-corrected chi connectivity index (χ3v) is 1.43. The maximum Gasteiger partial charge on any atom is 0.225 e. The molecule has 0 aromatic carbocycles. The number of hydrogen-bond donors (Lipinski definition) is 1. The van der Waals surface area contributed by atoms with Crippen LogP contribution in [0.4, 0.5) is 0 Å². The Morgan fingerprint density at radius 2 is 2.50 bits per heavy atom. The second kappa shape index (κ2) is 2.98. The van der Waals surface area contributed by atoms with E-state index in [0.29, 0.717) is 6.54 Å². The van der Waals surface area contributed by atoms with Crippen molar-refractivity contribution in [2.75, 3.05) is 20.6 Å². The van der Waals surface area contributed by atoms with E-state index in [1.807, 2.05) is 21.0 Å². The van der Waals surface area contributed by atoms with E-state index < -0.39 is 0 Å². The Kier molecular flexibility index (Phi) is 2.24. The van der Waals surface area contributed by atoms with Crippen LogP contribution in [-0.4, -0.2) is 37.8 Å². The molecule has 0 aliphatic carbocycles. The van der Waals surface area contributed by atoms with Gasteiger partial charge in [0.2, 0.25) is 5.90 Å². The summed E-state index contributed by atoms with van der Waals surface area (Å²) in [6, 6.07) is 0. The van der Waals surface area contributed by atoms with Gasteiger partial charge in [-0.15, -0.1) is 5.06 Å². The lowest BCUT2D eigenvalue weighted by atomic mass is 10.6. The molecule has 1 aliphatic rings. The summed E-state index contributed by atoms with van der Waals surface area (Å²) in [7, 11) is 3.74. The molecule has 0 aromatic rings. The Bertz CT molecular complexity index is 146. The summed E-state index contributed by atoms with van der Waals surface area (Å²) in [4.78, 5) is 9.45. The monoisotopic (exact) mass is 143 g/mol. The Hall–Kier alpha value is -0.610. The van der Waals surface area contributed by atoms with Crippen LogP contribution < -0.4 is 5.32 Å². The molecular weight excluding hydrogens is 130 g/mol. The van der Waals surface area contributed by atoms with Gasteiger partial charge >= 0.3 is 0 Å². The smallest absolute Gasteiger partial charge is 0.225 e. The highest BCUT2D eigenvalue weighted by Gasteiger charge is 2.19. The van der Waals surface area contributed by atoms with Crippen molar-refractivity contribution in [1.82, 2.24) is 10.4 Å². The number of nitrogens with one attached hydrogen (secondary N) is 1. The summed E-state index contributed by atoms with van der Waals surface area (Å²) < 4.78 is 0. The minimum Gasteiger partial charge on any atom is -0.387 e. The Labute approximate surface area is 60.8 Å². The summed E-state index contributed by atoms with van der Waals surface area (Å²) in [6.07, 6.45) is 0.156. The molecule has 0 spiro atoms. The van der Waals surface area contributed by atoms with Gasteiger partial charge in [0.15, 0.2) is 0 Å². The molecular formula is C6H13N3O. The number of aliphatic imine (C=N–C) groups is 1. The van der Waals surface area contributed by atoms with Crippen LogP contribution in [0.1, 0.15) is 6.92 Å². The van der Waals surface area contributed by atoms with Crippen LogP contribution >= 0.6 is 0 Å². The Morgan fingerprint density at radius 1 is 1.80 bits per heavy atom. The van der Waals surface area contributed by atoms with Crippen molar-refractivity contribution in [2.45, 2.75) is 13.1 Å². The first-order chi connectivity index (χ1) is 4.74. The summed E-state index contributed by atoms with van der Waals surface area (Å²) >= 11 is 0. The third-order valence-electron chi connectivity index (χ3n) is 1.43. The van der Waals surface area contributed by atoms with Gasteiger partial charge in [-0.25, -0.2) is 4.99 Å². The highest BCUT2D eigenvalue weighted by molar-refractivity contribution is 5.79. The first kappa shape index (κ1) is 7.50. The van der Waals surface area contributed by atoms with E-state index in [0.717, 1.165) is 5.90 Å². The zero-order valence-corrected chi connectivity index (χ0v) is 6.59. The summed E-state index contributed by atoms with van der Waals surface area (Å²) in [5.74, 6) is 0.762. The van der Waals surface area contributed by atoms with Crippen LogP contribution in [0.5, 0.6) is 0 Å². The highest BCUT2D eigenvalue weighted by Crippen LogP contribution is 2.07. The molecule has 1 aliphatic heterocycles. The molecule has 4 heteroatoms. The topological polar surface area (TPSA) is 36.9 Å². The van der Waals surface area contributed by atoms with Crippen LogP contribution in [-0.2, 0) is 4.84 Å². The fraction of sp³-hybridized carbons (Fsp3) is 0.833. The van der Waals surface area contributed by atoms with Gasteiger partial charge in [-0.3, -0.25) is 0 Å². The summed E-state index contributed by atoms with van der Waals surface area (Å²) in [5, 5.41) is 4.70. The first-order valence-electron chi connectivity index (χ1n) is 3.36. The highest BCUT2D eigenvalue weighted by atomic mass is 16.7. The normalized spacial score (nSPS) is 26.3. The van der Waals surface area contributed by atoms with Gasteiger partial charge in [-0.1, -0.05) is 0 Å². The number of hydroxylamine groups is 2. The van der Waals surface area contributed by atoms with Gasteiger partial charge in [-0.05, 0) is 14.0 Å². The average molecular weight is 143 g/mol. The van der Waals surface area contributed by atoms with E-state index >= 15 is 0 Å². The van der Waals surface area contributed by atoms with Crippen LogP contribution in [0.25, 0.3) is 0 Å². The van der Waals surface area contributed by atoms with Crippen molar-refractivity contribution in [3.05, 3.63) is 0 Å². The van der Waals surface area contributed by atoms with Crippen molar-refractivity contribution in [2.24, 2.45) is 4.99 Å². The zero-order chi connectivity index (χ0) is 7.56. The molecule has 1 N–H and O–H groups in total. The van der Waals surface area contributed by atoms with Gasteiger partial charge in [-0.2, -0.15) is 0 Å². The summed E-state index contributed by atoms with van der Waals surface area (Å²) in [5.41, 5.74) is 0. The molecule has 58 valence electrons. The van der Waals surface area contributed by atoms with Crippen LogP contribution in [0.3, 0.4) is 0 Å². The zero-order valence-electron chi connectivity index (χ0n) is 6.59. The van der Waals surface area contributed by atoms with E-state index in [2.05, 4.69) is 10.3 Å². The largest absolute Gasteiger partial charge is 0.387 e. The molecule has 1 atom stereocenters. The molecule has 0 radical (unpaired) electrons. The second-order valence-corrected chi connectivity index (χ2v) is 2.32. The first-order valence-corrected chi connectivity index (χ1v) is 3.36. The SMILES string of the molecule is CNCC1=NC(C)N(C)O1. The van der Waals surface area contributed by atoms with Gasteiger partial charge < -0.3 is 10.2 Å². The molecule has 0 amide bonds. The molecule has 4 nitrogen and oxygen atoms in total. The molecule has 0 bridgehead atoms. The van der Waals surface area contributed by atoms with E-state index in [9.17, 15) is 0 Å². The van der Waals surface area contributed by atoms with Gasteiger partial charge in [0.05, 0.1) is 6.54 Å². The van der Waals surface area contributed by atoms with E-state index in [4.69, 9.17) is 4.84 Å². The molecule has 0 aromatic heterocycles. The maximum atomic E-state index is 5.23. The minimum atomic E-state index is 0.156. The standard InChI is InChI=1S/C6H13N3O/c1-5-8-6(4-7-2)10-9(5)3/h5,7H,4H2,1-3H3. The number of nitrogens with zero attached hydrogens (tertiary/aromatic N) is 2. The van der Waals surface area contributed by atoms with Crippen molar-refractivity contribution < 1.29 is 4.84 Å². The predicted octanol–water partition coefficient (Wildman–Crippen LogP) is -0.173. The van der Waals surface area contributed by atoms with Crippen molar-refractivity contribution in [1.29, 1.82) is 0 Å². The van der Waals surface area contributed by atoms with Gasteiger partial charge in [0, 0.05) is 7.05 Å². The quantitative estimate of drug-likeness (QED) is 0.583. The molecule has 1 unspecified atom stereocenters. The number of rotatable bonds is 2. The van der Waals surface area contributed by atoms with E-state index in [-0.39, 0.29) is 6.17 Å². The van der Waals surface area contributed by atoms with Crippen molar-refractivity contribution in [3.8, 4) is 0 Å². The molecule has 0 saturated carbocycles. The van der Waals surface area contributed by atoms with Crippen molar-refractivity contribution >= 4 is 5.90 Å². The third kappa shape index (κ3) is 1.46. The van der Waals surface area contributed by atoms with Gasteiger partial charge in [0.25, 0.3) is 0 Å². The van der Waals surface area contributed by atoms with E-state index in [1.165, 1.54) is 0 Å². The van der Waals surface area contributed by atoms with Crippen LogP contribution in [0, 0.1) is 0 Å². The Morgan fingerprint density at radius 3 is 2.90 bits per heavy atom. The molecule has 1 rings (SSSR count). The fourth-order valence-corrected chi connectivity index (χ4v) is 0.785. The van der Waals surface area contributed by atoms with Crippen LogP contribution in [0.2, 0.25) is 0 Å². The maximum absolute atomic E-state index is 5.23. The van der Waals surface area contributed by atoms with E-state index in [1.54, 1.807) is 5.06 Å². The minimum absolute atomic E-state index is 0.156. The predicted molar refractivity (Wildman–Crippen MR) is 39.7 cm³/mol.